The molecule has 1 unspecified atom stereocenters. The molecular weight excluding hydrogens is 608 g/mol. The summed E-state index contributed by atoms with van der Waals surface area (Å²) >= 11 is 6.53. The Morgan fingerprint density at radius 2 is 1.78 bits per heavy atom. The van der Waals surface area contributed by atoms with Crippen molar-refractivity contribution in [3.05, 3.63) is 64.6 Å². The van der Waals surface area contributed by atoms with Crippen LogP contribution in [0, 0.1) is 17.7 Å². The Hall–Kier alpha value is -3.38. The Morgan fingerprint density at radius 1 is 1.07 bits per heavy atom. The molecule has 3 aromatic rings. The number of anilines is 1. The SMILES string of the molecule is O=C(Nc1cc(F)c(CC(=O)C(O[C@H]2CC[C@H](C(=O)O)CC2)(N2CCCC2)N2CC(CF)C2)cc1Cl)c1coc2ccccc12. The number of fused-ring (bicyclic) bond motifs is 1. The fourth-order valence-corrected chi connectivity index (χ4v) is 7.05. The van der Waals surface area contributed by atoms with Gasteiger partial charge in [0.05, 0.1) is 35.0 Å². The van der Waals surface area contributed by atoms with Crippen molar-refractivity contribution in [3.8, 4) is 0 Å². The molecule has 0 bridgehead atoms. The van der Waals surface area contributed by atoms with Crippen molar-refractivity contribution in [2.45, 2.75) is 56.9 Å². The van der Waals surface area contributed by atoms with Crippen molar-refractivity contribution >= 4 is 45.9 Å². The zero-order chi connectivity index (χ0) is 31.7. The molecule has 3 fully saturated rings. The number of ketones is 1. The normalized spacial score (nSPS) is 22.6. The molecule has 1 atom stereocenters. The van der Waals surface area contributed by atoms with E-state index in [2.05, 4.69) is 5.32 Å². The van der Waals surface area contributed by atoms with Gasteiger partial charge >= 0.3 is 5.97 Å². The molecular formula is C33H36ClF2N3O6. The number of ether oxygens (including phenoxy) is 1. The summed E-state index contributed by atoms with van der Waals surface area (Å²) in [5, 5.41) is 12.8. The van der Waals surface area contributed by atoms with E-state index in [-0.39, 0.29) is 40.3 Å². The number of aliphatic carboxylic acids is 1. The molecule has 1 saturated carbocycles. The van der Waals surface area contributed by atoms with Crippen LogP contribution in [0.5, 0.6) is 0 Å². The van der Waals surface area contributed by atoms with Crippen LogP contribution in [0.15, 0.2) is 47.1 Å². The number of carbonyl (C=O) groups excluding carboxylic acids is 2. The average molecular weight is 644 g/mol. The monoisotopic (exact) mass is 643 g/mol. The zero-order valence-corrected chi connectivity index (χ0v) is 25.5. The van der Waals surface area contributed by atoms with Gasteiger partial charge in [0.25, 0.3) is 5.91 Å². The van der Waals surface area contributed by atoms with E-state index in [1.54, 1.807) is 24.3 Å². The molecule has 2 aliphatic heterocycles. The predicted molar refractivity (Wildman–Crippen MR) is 163 cm³/mol. The van der Waals surface area contributed by atoms with E-state index in [0.29, 0.717) is 62.8 Å². The van der Waals surface area contributed by atoms with Gasteiger partial charge in [0.1, 0.15) is 17.7 Å². The molecule has 240 valence electrons. The standard InChI is InChI=1S/C33H36ClF2N3O6/c34-26-13-22(27(36)15-28(26)37-31(41)25-19-44-29-6-2-1-5-24(25)29)14-30(40)33(38-11-3-4-12-38,39-17-20(16-35)18-39)45-23-9-7-21(8-10-23)32(42)43/h1-2,5-6,13,15,19-21,23H,3-4,7-12,14,16-18H2,(H,37,41)(H,42,43)/t21-,23-,33?. The second-order valence-electron chi connectivity index (χ2n) is 12.3. The second kappa shape index (κ2) is 13.2. The number of hydrogen-bond acceptors (Lipinski definition) is 7. The minimum Gasteiger partial charge on any atom is -0.481 e. The van der Waals surface area contributed by atoms with Crippen LogP contribution in [0.3, 0.4) is 0 Å². The number of halogens is 3. The number of benzene rings is 2. The highest BCUT2D eigenvalue weighted by molar-refractivity contribution is 6.34. The molecule has 0 radical (unpaired) electrons. The lowest BCUT2D eigenvalue weighted by molar-refractivity contribution is -0.276. The van der Waals surface area contributed by atoms with Gasteiger partial charge in [0, 0.05) is 43.9 Å². The first kappa shape index (κ1) is 31.6. The lowest BCUT2D eigenvalue weighted by atomic mass is 9.87. The quantitative estimate of drug-likeness (QED) is 0.266. The molecule has 1 aliphatic carbocycles. The predicted octanol–water partition coefficient (Wildman–Crippen LogP) is 5.90. The number of nitrogens with one attached hydrogen (secondary N) is 1. The number of Topliss-reactive ketones (excluding diaryl/α,β-unsaturated/α-hetero) is 1. The van der Waals surface area contributed by atoms with Crippen molar-refractivity contribution < 1.29 is 37.4 Å². The lowest BCUT2D eigenvalue weighted by Gasteiger charge is -2.55. The smallest absolute Gasteiger partial charge is 0.306 e. The molecule has 3 aliphatic rings. The molecule has 9 nitrogen and oxygen atoms in total. The van der Waals surface area contributed by atoms with Crippen molar-refractivity contribution in [2.75, 3.05) is 38.2 Å². The zero-order valence-electron chi connectivity index (χ0n) is 24.8. The summed E-state index contributed by atoms with van der Waals surface area (Å²) in [7, 11) is 0. The summed E-state index contributed by atoms with van der Waals surface area (Å²) in [4.78, 5) is 42.8. The van der Waals surface area contributed by atoms with Crippen LogP contribution in [0.4, 0.5) is 14.5 Å². The number of nitrogens with zero attached hydrogens (tertiary/aromatic N) is 2. The summed E-state index contributed by atoms with van der Waals surface area (Å²) in [6, 6.07) is 9.47. The highest BCUT2D eigenvalue weighted by atomic mass is 35.5. The summed E-state index contributed by atoms with van der Waals surface area (Å²) < 4.78 is 41.4. The molecule has 12 heteroatoms. The van der Waals surface area contributed by atoms with Crippen LogP contribution >= 0.6 is 11.6 Å². The minimum atomic E-state index is -1.53. The van der Waals surface area contributed by atoms with E-state index in [1.807, 2.05) is 9.80 Å². The van der Waals surface area contributed by atoms with Crippen molar-refractivity contribution in [2.24, 2.45) is 11.8 Å². The summed E-state index contributed by atoms with van der Waals surface area (Å²) in [5.41, 5.74) is 0.896. The van der Waals surface area contributed by atoms with Gasteiger partial charge in [0.15, 0.2) is 5.78 Å². The highest BCUT2D eigenvalue weighted by Gasteiger charge is 2.56. The van der Waals surface area contributed by atoms with E-state index >= 15 is 4.39 Å². The van der Waals surface area contributed by atoms with Gasteiger partial charge in [-0.05, 0) is 62.3 Å². The Balaban J connectivity index is 1.25. The fourth-order valence-electron chi connectivity index (χ4n) is 6.81. The highest BCUT2D eigenvalue weighted by Crippen LogP contribution is 2.39. The van der Waals surface area contributed by atoms with Crippen LogP contribution in [0.25, 0.3) is 11.0 Å². The Morgan fingerprint density at radius 3 is 2.47 bits per heavy atom. The number of amides is 1. The van der Waals surface area contributed by atoms with Crippen LogP contribution in [-0.4, -0.2) is 77.4 Å². The molecule has 1 amide bonds. The molecule has 3 heterocycles. The topological polar surface area (TPSA) is 112 Å². The number of carboxylic acid groups (broad SMARTS) is 1. The maximum absolute atomic E-state index is 15.6. The van der Waals surface area contributed by atoms with Crippen molar-refractivity contribution in [3.63, 3.8) is 0 Å². The number of carboxylic acids is 1. The van der Waals surface area contributed by atoms with E-state index in [9.17, 15) is 23.9 Å². The van der Waals surface area contributed by atoms with Gasteiger partial charge in [-0.1, -0.05) is 29.8 Å². The number of furan rings is 1. The Bertz CT molecular complexity index is 1580. The van der Waals surface area contributed by atoms with Gasteiger partial charge in [-0.2, -0.15) is 0 Å². The van der Waals surface area contributed by atoms with Gasteiger partial charge in [-0.15, -0.1) is 0 Å². The fraction of sp³-hybridized carbons (Fsp3) is 0.485. The molecule has 0 spiro atoms. The van der Waals surface area contributed by atoms with Crippen molar-refractivity contribution in [1.82, 2.24) is 9.80 Å². The van der Waals surface area contributed by atoms with E-state index in [0.717, 1.165) is 18.9 Å². The van der Waals surface area contributed by atoms with Crippen LogP contribution in [0.2, 0.25) is 5.02 Å². The summed E-state index contributed by atoms with van der Waals surface area (Å²) in [6.45, 7) is 1.30. The average Bonchev–Trinajstić information content (AvgIpc) is 3.70. The largest absolute Gasteiger partial charge is 0.481 e. The number of para-hydroxylation sites is 1. The molecule has 2 N–H and O–H groups in total. The molecule has 45 heavy (non-hydrogen) atoms. The van der Waals surface area contributed by atoms with E-state index < -0.39 is 41.9 Å². The molecule has 2 saturated heterocycles. The van der Waals surface area contributed by atoms with Gasteiger partial charge in [-0.3, -0.25) is 28.6 Å². The van der Waals surface area contributed by atoms with Crippen LogP contribution in [-0.2, 0) is 20.7 Å². The third-order valence-corrected chi connectivity index (χ3v) is 9.63. The van der Waals surface area contributed by atoms with Gasteiger partial charge < -0.3 is 19.6 Å². The number of carbonyl (C=O) groups is 3. The number of rotatable bonds is 11. The Kier molecular flexibility index (Phi) is 9.24. The number of likely N-dealkylation sites (tertiary alicyclic amines) is 2. The second-order valence-corrected chi connectivity index (χ2v) is 12.7. The summed E-state index contributed by atoms with van der Waals surface area (Å²) in [5.74, 6) is -4.69. The third-order valence-electron chi connectivity index (χ3n) is 9.32. The third kappa shape index (κ3) is 6.23. The Labute approximate surface area is 264 Å². The molecule has 1 aromatic heterocycles. The molecule has 6 rings (SSSR count). The first-order chi connectivity index (χ1) is 21.7. The lowest BCUT2D eigenvalue weighted by Crippen LogP contribution is -2.73. The first-order valence-electron chi connectivity index (χ1n) is 15.4. The minimum absolute atomic E-state index is 0.0427. The maximum atomic E-state index is 15.6. The van der Waals surface area contributed by atoms with Gasteiger partial charge in [-0.25, -0.2) is 4.39 Å². The van der Waals surface area contributed by atoms with Crippen LogP contribution < -0.4 is 5.32 Å². The first-order valence-corrected chi connectivity index (χ1v) is 15.8. The number of alkyl halides is 1. The van der Waals surface area contributed by atoms with E-state index in [4.69, 9.17) is 20.8 Å². The number of hydrogen-bond donors (Lipinski definition) is 2. The summed E-state index contributed by atoms with van der Waals surface area (Å²) in [6.07, 6.45) is 4.13. The van der Waals surface area contributed by atoms with Gasteiger partial charge in [0.2, 0.25) is 5.85 Å². The van der Waals surface area contributed by atoms with Crippen molar-refractivity contribution in [1.29, 1.82) is 0 Å². The van der Waals surface area contributed by atoms with Crippen LogP contribution in [0.1, 0.15) is 54.4 Å². The van der Waals surface area contributed by atoms with E-state index in [1.165, 1.54) is 12.3 Å². The molecule has 2 aromatic carbocycles. The maximum Gasteiger partial charge on any atom is 0.306 e.